The fourth-order valence-electron chi connectivity index (χ4n) is 3.37. The average molecular weight is 201 g/mol. The summed E-state index contributed by atoms with van der Waals surface area (Å²) >= 11 is 0. The lowest BCUT2D eigenvalue weighted by Gasteiger charge is -2.36. The maximum atomic E-state index is 3.59. The van der Waals surface area contributed by atoms with Crippen molar-refractivity contribution in [3.63, 3.8) is 0 Å². The molecule has 1 aromatic carbocycles. The van der Waals surface area contributed by atoms with Gasteiger partial charge in [0.1, 0.15) is 0 Å². The van der Waals surface area contributed by atoms with Gasteiger partial charge in [-0.25, -0.2) is 0 Å². The molecule has 2 aliphatic rings. The Balaban J connectivity index is 2.12. The number of hydrogen-bond donors (Lipinski definition) is 1. The van der Waals surface area contributed by atoms with Gasteiger partial charge in [-0.05, 0) is 30.9 Å². The quantitative estimate of drug-likeness (QED) is 0.680. The van der Waals surface area contributed by atoms with Crippen molar-refractivity contribution in [1.29, 1.82) is 0 Å². The minimum Gasteiger partial charge on any atom is -0.312 e. The second kappa shape index (κ2) is 3.34. The zero-order valence-corrected chi connectivity index (χ0v) is 9.47. The van der Waals surface area contributed by atoms with E-state index in [0.29, 0.717) is 5.41 Å². The lowest BCUT2D eigenvalue weighted by molar-refractivity contribution is 0.376. The molecule has 1 saturated carbocycles. The van der Waals surface area contributed by atoms with Crippen molar-refractivity contribution in [2.75, 3.05) is 6.54 Å². The zero-order valence-electron chi connectivity index (χ0n) is 9.47. The van der Waals surface area contributed by atoms with Gasteiger partial charge in [0.05, 0.1) is 0 Å². The van der Waals surface area contributed by atoms with Gasteiger partial charge in [0, 0.05) is 18.5 Å². The molecule has 1 heteroatoms. The minimum absolute atomic E-state index is 0.486. The van der Waals surface area contributed by atoms with Gasteiger partial charge >= 0.3 is 0 Å². The number of fused-ring (bicyclic) bond motifs is 2. The van der Waals surface area contributed by atoms with E-state index < -0.39 is 0 Å². The van der Waals surface area contributed by atoms with Crippen molar-refractivity contribution in [3.05, 3.63) is 34.9 Å². The molecule has 0 saturated heterocycles. The molecule has 0 atom stereocenters. The molecule has 1 aliphatic heterocycles. The summed E-state index contributed by atoms with van der Waals surface area (Å²) in [7, 11) is 0. The standard InChI is InChI=1S/C14H19N/c1-11-4-5-12-9-15-10-14(13(12)8-11)6-2-3-7-14/h4-5,8,15H,2-3,6-7,9-10H2,1H3. The van der Waals surface area contributed by atoms with Crippen LogP contribution < -0.4 is 5.32 Å². The van der Waals surface area contributed by atoms with Crippen molar-refractivity contribution >= 4 is 0 Å². The molecular formula is C14H19N. The van der Waals surface area contributed by atoms with Crippen LogP contribution in [0.5, 0.6) is 0 Å². The molecule has 1 fully saturated rings. The molecule has 0 aromatic heterocycles. The molecule has 80 valence electrons. The fourth-order valence-corrected chi connectivity index (χ4v) is 3.37. The largest absolute Gasteiger partial charge is 0.312 e. The molecule has 1 spiro atoms. The van der Waals surface area contributed by atoms with Gasteiger partial charge in [0.2, 0.25) is 0 Å². The molecule has 3 rings (SSSR count). The SMILES string of the molecule is Cc1ccc2c(c1)C1(CCCC1)CNC2. The zero-order chi connectivity index (χ0) is 10.3. The van der Waals surface area contributed by atoms with Crippen molar-refractivity contribution in [3.8, 4) is 0 Å². The first-order valence-electron chi connectivity index (χ1n) is 6.11. The third-order valence-corrected chi connectivity index (χ3v) is 4.18. The number of nitrogens with one attached hydrogen (secondary N) is 1. The van der Waals surface area contributed by atoms with Gasteiger partial charge < -0.3 is 5.32 Å². The number of aryl methyl sites for hydroxylation is 1. The molecule has 0 amide bonds. The molecule has 1 heterocycles. The Morgan fingerprint density at radius 3 is 2.80 bits per heavy atom. The summed E-state index contributed by atoms with van der Waals surface area (Å²) in [5.41, 5.74) is 5.09. The second-order valence-electron chi connectivity index (χ2n) is 5.25. The summed E-state index contributed by atoms with van der Waals surface area (Å²) in [6, 6.07) is 6.99. The lowest BCUT2D eigenvalue weighted by atomic mass is 9.74. The van der Waals surface area contributed by atoms with Crippen molar-refractivity contribution in [2.24, 2.45) is 0 Å². The van der Waals surface area contributed by atoms with Crippen molar-refractivity contribution < 1.29 is 0 Å². The van der Waals surface area contributed by atoms with E-state index in [-0.39, 0.29) is 0 Å². The molecule has 0 unspecified atom stereocenters. The highest BCUT2D eigenvalue weighted by Crippen LogP contribution is 2.43. The van der Waals surface area contributed by atoms with E-state index in [2.05, 4.69) is 30.4 Å². The Labute approximate surface area is 91.9 Å². The number of rotatable bonds is 0. The third kappa shape index (κ3) is 1.41. The number of hydrogen-bond acceptors (Lipinski definition) is 1. The van der Waals surface area contributed by atoms with Crippen LogP contribution in [-0.2, 0) is 12.0 Å². The maximum Gasteiger partial charge on any atom is 0.0208 e. The van der Waals surface area contributed by atoms with Crippen LogP contribution in [0.25, 0.3) is 0 Å². The Hall–Kier alpha value is -0.820. The fraction of sp³-hybridized carbons (Fsp3) is 0.571. The van der Waals surface area contributed by atoms with Crippen LogP contribution in [0.4, 0.5) is 0 Å². The van der Waals surface area contributed by atoms with Crippen LogP contribution >= 0.6 is 0 Å². The predicted octanol–water partition coefficient (Wildman–Crippen LogP) is 2.91. The van der Waals surface area contributed by atoms with E-state index in [1.165, 1.54) is 43.4 Å². The van der Waals surface area contributed by atoms with Crippen LogP contribution in [0.2, 0.25) is 0 Å². The van der Waals surface area contributed by atoms with Crippen molar-refractivity contribution in [2.45, 2.75) is 44.6 Å². The maximum absolute atomic E-state index is 3.59. The summed E-state index contributed by atoms with van der Waals surface area (Å²) in [5, 5.41) is 3.59. The lowest BCUT2D eigenvalue weighted by Crippen LogP contribution is -2.41. The molecular weight excluding hydrogens is 182 g/mol. The van der Waals surface area contributed by atoms with Gasteiger partial charge in [-0.1, -0.05) is 36.6 Å². The predicted molar refractivity (Wildman–Crippen MR) is 63.0 cm³/mol. The highest BCUT2D eigenvalue weighted by molar-refractivity contribution is 5.40. The summed E-state index contributed by atoms with van der Waals surface area (Å²) in [4.78, 5) is 0. The van der Waals surface area contributed by atoms with Gasteiger partial charge in [-0.3, -0.25) is 0 Å². The molecule has 1 aromatic rings. The van der Waals surface area contributed by atoms with E-state index in [4.69, 9.17) is 0 Å². The van der Waals surface area contributed by atoms with E-state index in [0.717, 1.165) is 6.54 Å². The monoisotopic (exact) mass is 201 g/mol. The van der Waals surface area contributed by atoms with Crippen LogP contribution in [0, 0.1) is 6.92 Å². The summed E-state index contributed by atoms with van der Waals surface area (Å²) in [5.74, 6) is 0. The first-order chi connectivity index (χ1) is 7.30. The summed E-state index contributed by atoms with van der Waals surface area (Å²) < 4.78 is 0. The second-order valence-corrected chi connectivity index (χ2v) is 5.25. The first kappa shape index (κ1) is 9.41. The van der Waals surface area contributed by atoms with Gasteiger partial charge in [0.25, 0.3) is 0 Å². The topological polar surface area (TPSA) is 12.0 Å². The van der Waals surface area contributed by atoms with E-state index in [9.17, 15) is 0 Å². The molecule has 1 N–H and O–H groups in total. The Kier molecular flexibility index (Phi) is 2.10. The first-order valence-corrected chi connectivity index (χ1v) is 6.11. The van der Waals surface area contributed by atoms with E-state index in [1.54, 1.807) is 5.56 Å². The molecule has 0 radical (unpaired) electrons. The third-order valence-electron chi connectivity index (χ3n) is 4.18. The average Bonchev–Trinajstić information content (AvgIpc) is 2.69. The Morgan fingerprint density at radius 2 is 2.00 bits per heavy atom. The normalized spacial score (nSPS) is 23.0. The Bertz CT molecular complexity index is 375. The van der Waals surface area contributed by atoms with E-state index in [1.807, 2.05) is 0 Å². The van der Waals surface area contributed by atoms with Gasteiger partial charge in [-0.15, -0.1) is 0 Å². The van der Waals surface area contributed by atoms with Crippen LogP contribution in [0.1, 0.15) is 42.4 Å². The van der Waals surface area contributed by atoms with Crippen molar-refractivity contribution in [1.82, 2.24) is 5.32 Å². The minimum atomic E-state index is 0.486. The molecule has 1 aliphatic carbocycles. The van der Waals surface area contributed by atoms with Gasteiger partial charge in [0.15, 0.2) is 0 Å². The Morgan fingerprint density at radius 1 is 1.20 bits per heavy atom. The molecule has 1 nitrogen and oxygen atoms in total. The highest BCUT2D eigenvalue weighted by atomic mass is 14.9. The molecule has 15 heavy (non-hydrogen) atoms. The molecule has 0 bridgehead atoms. The highest BCUT2D eigenvalue weighted by Gasteiger charge is 2.38. The van der Waals surface area contributed by atoms with Crippen LogP contribution in [-0.4, -0.2) is 6.54 Å². The van der Waals surface area contributed by atoms with E-state index >= 15 is 0 Å². The summed E-state index contributed by atoms with van der Waals surface area (Å²) in [6.07, 6.45) is 5.59. The van der Waals surface area contributed by atoms with Gasteiger partial charge in [-0.2, -0.15) is 0 Å². The number of benzene rings is 1. The smallest absolute Gasteiger partial charge is 0.0208 e. The van der Waals surface area contributed by atoms with Crippen LogP contribution in [0.3, 0.4) is 0 Å². The summed E-state index contributed by atoms with van der Waals surface area (Å²) in [6.45, 7) is 4.48. The van der Waals surface area contributed by atoms with Crippen LogP contribution in [0.15, 0.2) is 18.2 Å².